The van der Waals surface area contributed by atoms with E-state index < -0.39 is 5.91 Å². The minimum absolute atomic E-state index is 0.00844. The fourth-order valence-corrected chi connectivity index (χ4v) is 1.63. The maximum absolute atomic E-state index is 11.1. The first kappa shape index (κ1) is 11.0. The van der Waals surface area contributed by atoms with Gasteiger partial charge in [0, 0.05) is 11.1 Å². The molecule has 4 heteroatoms. The molecule has 0 atom stereocenters. The fourth-order valence-electron chi connectivity index (χ4n) is 1.63. The van der Waals surface area contributed by atoms with Crippen LogP contribution in [0.5, 0.6) is 5.75 Å². The lowest BCUT2D eigenvalue weighted by atomic mass is 10.0. The average Bonchev–Trinajstić information content (AvgIpc) is 2.33. The van der Waals surface area contributed by atoms with Gasteiger partial charge in [-0.05, 0) is 23.8 Å². The van der Waals surface area contributed by atoms with E-state index in [1.807, 2.05) is 0 Å². The second-order valence-electron chi connectivity index (χ2n) is 3.69. The normalized spacial score (nSPS) is 10.1. The SMILES string of the molecule is NC(=O)c1cccc(-c2cccc(N)c2O)c1. The number of rotatable bonds is 2. The molecule has 0 heterocycles. The minimum atomic E-state index is -0.504. The summed E-state index contributed by atoms with van der Waals surface area (Å²) in [7, 11) is 0. The van der Waals surface area contributed by atoms with Crippen molar-refractivity contribution in [2.75, 3.05) is 5.73 Å². The Hall–Kier alpha value is -2.49. The van der Waals surface area contributed by atoms with E-state index in [-0.39, 0.29) is 5.75 Å². The van der Waals surface area contributed by atoms with Gasteiger partial charge in [0.25, 0.3) is 0 Å². The number of phenols is 1. The zero-order valence-electron chi connectivity index (χ0n) is 9.05. The summed E-state index contributed by atoms with van der Waals surface area (Å²) in [5.74, 6) is -0.496. The molecule has 0 fully saturated rings. The number of hydrogen-bond donors (Lipinski definition) is 3. The quantitative estimate of drug-likeness (QED) is 0.540. The number of benzene rings is 2. The highest BCUT2D eigenvalue weighted by atomic mass is 16.3. The topological polar surface area (TPSA) is 89.3 Å². The van der Waals surface area contributed by atoms with Gasteiger partial charge in [-0.15, -0.1) is 0 Å². The number of amides is 1. The molecule has 0 aliphatic carbocycles. The summed E-state index contributed by atoms with van der Waals surface area (Å²) in [6.45, 7) is 0. The van der Waals surface area contributed by atoms with Crippen molar-refractivity contribution in [2.24, 2.45) is 5.73 Å². The first-order chi connectivity index (χ1) is 8.09. The van der Waals surface area contributed by atoms with E-state index in [9.17, 15) is 9.90 Å². The number of carbonyl (C=O) groups excluding carboxylic acids is 1. The van der Waals surface area contributed by atoms with Crippen LogP contribution in [-0.4, -0.2) is 11.0 Å². The molecule has 2 rings (SSSR count). The van der Waals surface area contributed by atoms with Crippen LogP contribution in [0.2, 0.25) is 0 Å². The summed E-state index contributed by atoms with van der Waals surface area (Å²) in [6, 6.07) is 11.8. The van der Waals surface area contributed by atoms with Gasteiger partial charge in [0.15, 0.2) is 0 Å². The first-order valence-corrected chi connectivity index (χ1v) is 5.07. The molecule has 1 amide bonds. The number of nitrogens with two attached hydrogens (primary N) is 2. The fraction of sp³-hybridized carbons (Fsp3) is 0. The minimum Gasteiger partial charge on any atom is -0.505 e. The van der Waals surface area contributed by atoms with Crippen LogP contribution in [0.4, 0.5) is 5.69 Å². The first-order valence-electron chi connectivity index (χ1n) is 5.07. The number of phenolic OH excluding ortho intramolecular Hbond substituents is 1. The summed E-state index contributed by atoms with van der Waals surface area (Å²) in [6.07, 6.45) is 0. The average molecular weight is 228 g/mol. The second-order valence-corrected chi connectivity index (χ2v) is 3.69. The molecule has 0 spiro atoms. The third-order valence-electron chi connectivity index (χ3n) is 2.53. The van der Waals surface area contributed by atoms with Crippen molar-refractivity contribution in [2.45, 2.75) is 0 Å². The van der Waals surface area contributed by atoms with Crippen LogP contribution >= 0.6 is 0 Å². The van der Waals surface area contributed by atoms with Gasteiger partial charge in [0.1, 0.15) is 5.75 Å². The lowest BCUT2D eigenvalue weighted by Crippen LogP contribution is -2.10. The molecular formula is C13H12N2O2. The van der Waals surface area contributed by atoms with E-state index >= 15 is 0 Å². The Labute approximate surface area is 98.5 Å². The summed E-state index contributed by atoms with van der Waals surface area (Å²) in [4.78, 5) is 11.1. The largest absolute Gasteiger partial charge is 0.505 e. The monoisotopic (exact) mass is 228 g/mol. The van der Waals surface area contributed by atoms with Crippen molar-refractivity contribution in [1.29, 1.82) is 0 Å². The third-order valence-corrected chi connectivity index (χ3v) is 2.53. The van der Waals surface area contributed by atoms with Gasteiger partial charge in [-0.25, -0.2) is 0 Å². The maximum Gasteiger partial charge on any atom is 0.248 e. The van der Waals surface area contributed by atoms with Crippen molar-refractivity contribution in [1.82, 2.24) is 0 Å². The van der Waals surface area contributed by atoms with Gasteiger partial charge in [-0.1, -0.05) is 24.3 Å². The molecule has 0 radical (unpaired) electrons. The highest BCUT2D eigenvalue weighted by molar-refractivity contribution is 5.94. The van der Waals surface area contributed by atoms with Crippen LogP contribution in [-0.2, 0) is 0 Å². The number of anilines is 1. The zero-order valence-corrected chi connectivity index (χ0v) is 9.05. The van der Waals surface area contributed by atoms with Crippen molar-refractivity contribution < 1.29 is 9.90 Å². The maximum atomic E-state index is 11.1. The van der Waals surface area contributed by atoms with Gasteiger partial charge in [-0.3, -0.25) is 4.79 Å². The van der Waals surface area contributed by atoms with Crippen molar-refractivity contribution >= 4 is 11.6 Å². The molecule has 0 saturated heterocycles. The molecule has 0 saturated carbocycles. The smallest absolute Gasteiger partial charge is 0.248 e. The summed E-state index contributed by atoms with van der Waals surface area (Å²) < 4.78 is 0. The third kappa shape index (κ3) is 2.06. The highest BCUT2D eigenvalue weighted by Crippen LogP contribution is 2.33. The standard InChI is InChI=1S/C13H12N2O2/c14-11-6-2-5-10(12(11)16)8-3-1-4-9(7-8)13(15)17/h1-7,16H,14H2,(H2,15,17). The Morgan fingerprint density at radius 1 is 1.12 bits per heavy atom. The van der Waals surface area contributed by atoms with E-state index in [1.54, 1.807) is 42.5 Å². The molecule has 0 aliphatic rings. The number of hydrogen-bond acceptors (Lipinski definition) is 3. The summed E-state index contributed by atoms with van der Waals surface area (Å²) in [5.41, 5.74) is 12.8. The molecule has 86 valence electrons. The van der Waals surface area contributed by atoms with E-state index in [2.05, 4.69) is 0 Å². The van der Waals surface area contributed by atoms with Crippen molar-refractivity contribution in [3.8, 4) is 16.9 Å². The molecule has 0 bridgehead atoms. The number of primary amides is 1. The van der Waals surface area contributed by atoms with E-state index in [4.69, 9.17) is 11.5 Å². The van der Waals surface area contributed by atoms with E-state index in [0.717, 1.165) is 0 Å². The molecule has 0 aromatic heterocycles. The number of para-hydroxylation sites is 1. The van der Waals surface area contributed by atoms with Crippen molar-refractivity contribution in [3.05, 3.63) is 48.0 Å². The number of aromatic hydroxyl groups is 1. The summed E-state index contributed by atoms with van der Waals surface area (Å²) in [5, 5.41) is 9.84. The second kappa shape index (κ2) is 4.17. The molecule has 5 N–H and O–H groups in total. The Morgan fingerprint density at radius 3 is 2.53 bits per heavy atom. The van der Waals surface area contributed by atoms with Crippen LogP contribution in [0, 0.1) is 0 Å². The van der Waals surface area contributed by atoms with E-state index in [1.165, 1.54) is 0 Å². The van der Waals surface area contributed by atoms with Gasteiger partial charge in [0.05, 0.1) is 5.69 Å². The number of carbonyl (C=O) groups is 1. The molecular weight excluding hydrogens is 216 g/mol. The molecule has 2 aromatic carbocycles. The van der Waals surface area contributed by atoms with Crippen LogP contribution < -0.4 is 11.5 Å². The van der Waals surface area contributed by atoms with Crippen LogP contribution in [0.1, 0.15) is 10.4 Å². The van der Waals surface area contributed by atoms with Crippen LogP contribution in [0.3, 0.4) is 0 Å². The molecule has 2 aromatic rings. The van der Waals surface area contributed by atoms with Crippen LogP contribution in [0.15, 0.2) is 42.5 Å². The zero-order chi connectivity index (χ0) is 12.4. The lowest BCUT2D eigenvalue weighted by molar-refractivity contribution is 0.100. The van der Waals surface area contributed by atoms with Gasteiger partial charge in [0.2, 0.25) is 5.91 Å². The predicted octanol–water partition coefficient (Wildman–Crippen LogP) is 1.74. The molecule has 0 unspecified atom stereocenters. The van der Waals surface area contributed by atoms with Crippen LogP contribution in [0.25, 0.3) is 11.1 Å². The Balaban J connectivity index is 2.57. The Kier molecular flexibility index (Phi) is 2.70. The molecule has 4 nitrogen and oxygen atoms in total. The Bertz CT molecular complexity index is 579. The number of nitrogen functional groups attached to an aromatic ring is 1. The van der Waals surface area contributed by atoms with Gasteiger partial charge in [-0.2, -0.15) is 0 Å². The predicted molar refractivity (Wildman–Crippen MR) is 66.5 cm³/mol. The van der Waals surface area contributed by atoms with Gasteiger partial charge >= 0.3 is 0 Å². The molecule has 17 heavy (non-hydrogen) atoms. The molecule has 0 aliphatic heterocycles. The van der Waals surface area contributed by atoms with E-state index in [0.29, 0.717) is 22.4 Å². The summed E-state index contributed by atoms with van der Waals surface area (Å²) >= 11 is 0. The lowest BCUT2D eigenvalue weighted by Gasteiger charge is -2.07. The van der Waals surface area contributed by atoms with Crippen molar-refractivity contribution in [3.63, 3.8) is 0 Å². The Morgan fingerprint density at radius 2 is 1.82 bits per heavy atom. The van der Waals surface area contributed by atoms with Gasteiger partial charge < -0.3 is 16.6 Å². The highest BCUT2D eigenvalue weighted by Gasteiger charge is 2.08.